The third kappa shape index (κ3) is 5.63. The Kier molecular flexibility index (Phi) is 8.43. The maximum Gasteiger partial charge on any atom is 0.234 e. The fourth-order valence-electron chi connectivity index (χ4n) is 3.60. The number of aryl methyl sites for hydroxylation is 1. The number of nitrogens with zero attached hydrogens (tertiary/aromatic N) is 4. The molecule has 0 bridgehead atoms. The second-order valence-corrected chi connectivity index (χ2v) is 7.91. The van der Waals surface area contributed by atoms with E-state index >= 15 is 0 Å². The average Bonchev–Trinajstić information content (AvgIpc) is 3.16. The highest BCUT2D eigenvalue weighted by Gasteiger charge is 2.21. The van der Waals surface area contributed by atoms with E-state index in [-0.39, 0.29) is 5.78 Å². The molecule has 3 aromatic rings. The topological polar surface area (TPSA) is 59.7 Å². The largest absolute Gasteiger partial charge is 0.492 e. The molecular formula is C24H31ClN4O2. The standard InChI is InChI=1S/C24H31ClN4O2/c1-4-7-10-20-22(29-15-8-13-26-24(29)27-20)23(30)18-11-12-21(19(25)17-18)31-16-9-14-28(5-2)6-3/h8,11-13,15,17H,4-7,9-10,14,16H2,1-3H3. The van der Waals surface area contributed by atoms with Crippen LogP contribution in [-0.2, 0) is 6.42 Å². The van der Waals surface area contributed by atoms with Crippen molar-refractivity contribution in [2.24, 2.45) is 0 Å². The highest BCUT2D eigenvalue weighted by Crippen LogP contribution is 2.27. The first kappa shape index (κ1) is 23.2. The van der Waals surface area contributed by atoms with E-state index in [0.29, 0.717) is 34.4 Å². The molecule has 7 heteroatoms. The molecule has 0 fully saturated rings. The van der Waals surface area contributed by atoms with Crippen molar-refractivity contribution in [3.8, 4) is 5.75 Å². The highest BCUT2D eigenvalue weighted by atomic mass is 35.5. The van der Waals surface area contributed by atoms with Gasteiger partial charge in [0.15, 0.2) is 0 Å². The van der Waals surface area contributed by atoms with Crippen LogP contribution in [0.2, 0.25) is 5.02 Å². The number of carbonyl (C=O) groups excluding carboxylic acids is 1. The zero-order valence-corrected chi connectivity index (χ0v) is 19.4. The number of hydrogen-bond donors (Lipinski definition) is 0. The number of benzene rings is 1. The van der Waals surface area contributed by atoms with E-state index in [1.807, 2.05) is 6.20 Å². The molecule has 0 aliphatic carbocycles. The van der Waals surface area contributed by atoms with Gasteiger partial charge >= 0.3 is 0 Å². The van der Waals surface area contributed by atoms with E-state index in [0.717, 1.165) is 51.0 Å². The summed E-state index contributed by atoms with van der Waals surface area (Å²) in [6, 6.07) is 7.04. The molecule has 0 amide bonds. The van der Waals surface area contributed by atoms with Crippen LogP contribution < -0.4 is 4.74 Å². The van der Waals surface area contributed by atoms with Crippen LogP contribution in [0.3, 0.4) is 0 Å². The number of imidazole rings is 1. The number of carbonyl (C=O) groups is 1. The quantitative estimate of drug-likeness (QED) is 0.289. The van der Waals surface area contributed by atoms with Crippen molar-refractivity contribution in [3.05, 3.63) is 58.6 Å². The van der Waals surface area contributed by atoms with Crippen molar-refractivity contribution in [1.82, 2.24) is 19.3 Å². The first-order valence-electron chi connectivity index (χ1n) is 11.1. The number of ketones is 1. The van der Waals surface area contributed by atoms with Gasteiger partial charge in [-0.2, -0.15) is 0 Å². The van der Waals surface area contributed by atoms with Gasteiger partial charge in [0.25, 0.3) is 0 Å². The number of hydrogen-bond acceptors (Lipinski definition) is 5. The summed E-state index contributed by atoms with van der Waals surface area (Å²) in [4.78, 5) is 24.6. The lowest BCUT2D eigenvalue weighted by Crippen LogP contribution is -2.25. The van der Waals surface area contributed by atoms with Gasteiger partial charge in [0.05, 0.1) is 17.3 Å². The molecule has 1 aromatic carbocycles. The maximum absolute atomic E-state index is 13.4. The third-order valence-electron chi connectivity index (χ3n) is 5.42. The van der Waals surface area contributed by atoms with Gasteiger partial charge in [-0.15, -0.1) is 0 Å². The zero-order chi connectivity index (χ0) is 22.2. The van der Waals surface area contributed by atoms with Gasteiger partial charge in [-0.25, -0.2) is 9.97 Å². The first-order valence-corrected chi connectivity index (χ1v) is 11.5. The summed E-state index contributed by atoms with van der Waals surface area (Å²) in [6.07, 6.45) is 7.17. The molecule has 6 nitrogen and oxygen atoms in total. The van der Waals surface area contributed by atoms with Crippen LogP contribution >= 0.6 is 11.6 Å². The van der Waals surface area contributed by atoms with E-state index in [2.05, 4.69) is 35.6 Å². The molecule has 0 saturated heterocycles. The number of unbranched alkanes of at least 4 members (excludes halogenated alkanes) is 1. The van der Waals surface area contributed by atoms with E-state index in [9.17, 15) is 4.79 Å². The van der Waals surface area contributed by atoms with E-state index < -0.39 is 0 Å². The van der Waals surface area contributed by atoms with Gasteiger partial charge in [-0.1, -0.05) is 38.8 Å². The Bertz CT molecular complexity index is 1010. The van der Waals surface area contributed by atoms with Gasteiger partial charge in [0, 0.05) is 24.5 Å². The van der Waals surface area contributed by atoms with Crippen molar-refractivity contribution in [1.29, 1.82) is 0 Å². The van der Waals surface area contributed by atoms with Crippen LogP contribution in [-0.4, -0.2) is 51.3 Å². The molecule has 3 rings (SSSR count). The average molecular weight is 443 g/mol. The Morgan fingerprint density at radius 3 is 2.71 bits per heavy atom. The van der Waals surface area contributed by atoms with E-state index in [1.165, 1.54) is 0 Å². The summed E-state index contributed by atoms with van der Waals surface area (Å²) < 4.78 is 7.61. The summed E-state index contributed by atoms with van der Waals surface area (Å²) in [6.45, 7) is 10.1. The van der Waals surface area contributed by atoms with E-state index in [4.69, 9.17) is 16.3 Å². The number of fused-ring (bicyclic) bond motifs is 1. The fourth-order valence-corrected chi connectivity index (χ4v) is 3.83. The summed E-state index contributed by atoms with van der Waals surface area (Å²) in [5.41, 5.74) is 1.85. The second-order valence-electron chi connectivity index (χ2n) is 7.50. The Labute approximate surface area is 189 Å². The Morgan fingerprint density at radius 1 is 1.19 bits per heavy atom. The van der Waals surface area contributed by atoms with Crippen LogP contribution in [0.15, 0.2) is 36.7 Å². The molecule has 0 aliphatic heterocycles. The monoisotopic (exact) mass is 442 g/mol. The van der Waals surface area contributed by atoms with Crippen molar-refractivity contribution >= 4 is 23.2 Å². The number of aromatic nitrogens is 3. The summed E-state index contributed by atoms with van der Waals surface area (Å²) in [5.74, 6) is 1.03. The number of ether oxygens (including phenoxy) is 1. The molecule has 2 heterocycles. The molecule has 0 unspecified atom stereocenters. The lowest BCUT2D eigenvalue weighted by molar-refractivity contribution is 0.103. The second kappa shape index (κ2) is 11.3. The molecule has 0 saturated carbocycles. The molecule has 0 N–H and O–H groups in total. The Balaban J connectivity index is 1.76. The predicted octanol–water partition coefficient (Wildman–Crippen LogP) is 5.07. The molecule has 166 valence electrons. The zero-order valence-electron chi connectivity index (χ0n) is 18.6. The smallest absolute Gasteiger partial charge is 0.234 e. The van der Waals surface area contributed by atoms with Crippen molar-refractivity contribution in [2.75, 3.05) is 26.2 Å². The lowest BCUT2D eigenvalue weighted by Gasteiger charge is -2.18. The van der Waals surface area contributed by atoms with Gasteiger partial charge in [-0.3, -0.25) is 9.20 Å². The first-order chi connectivity index (χ1) is 15.1. The van der Waals surface area contributed by atoms with Crippen LogP contribution in [0.25, 0.3) is 5.78 Å². The highest BCUT2D eigenvalue weighted by molar-refractivity contribution is 6.32. The Hall–Kier alpha value is -2.44. The molecule has 31 heavy (non-hydrogen) atoms. The molecule has 0 atom stereocenters. The normalized spacial score (nSPS) is 11.4. The van der Waals surface area contributed by atoms with Crippen LogP contribution in [0.1, 0.15) is 61.8 Å². The molecule has 0 spiro atoms. The molecule has 2 aromatic heterocycles. The summed E-state index contributed by atoms with van der Waals surface area (Å²) in [7, 11) is 0. The van der Waals surface area contributed by atoms with Crippen molar-refractivity contribution in [3.63, 3.8) is 0 Å². The fraction of sp³-hybridized carbons (Fsp3) is 0.458. The van der Waals surface area contributed by atoms with Crippen LogP contribution in [0.4, 0.5) is 0 Å². The lowest BCUT2D eigenvalue weighted by atomic mass is 10.0. The molecule has 0 aliphatic rings. The third-order valence-corrected chi connectivity index (χ3v) is 5.72. The maximum atomic E-state index is 13.4. The Morgan fingerprint density at radius 2 is 2.00 bits per heavy atom. The van der Waals surface area contributed by atoms with Crippen LogP contribution in [0, 0.1) is 0 Å². The predicted molar refractivity (Wildman–Crippen MR) is 124 cm³/mol. The minimum absolute atomic E-state index is 0.110. The minimum atomic E-state index is -0.110. The van der Waals surface area contributed by atoms with Gasteiger partial charge < -0.3 is 9.64 Å². The van der Waals surface area contributed by atoms with Gasteiger partial charge in [0.2, 0.25) is 11.6 Å². The van der Waals surface area contributed by atoms with Crippen molar-refractivity contribution < 1.29 is 9.53 Å². The van der Waals surface area contributed by atoms with Gasteiger partial charge in [-0.05, 0) is 56.6 Å². The van der Waals surface area contributed by atoms with E-state index in [1.54, 1.807) is 34.9 Å². The summed E-state index contributed by atoms with van der Waals surface area (Å²) in [5, 5.41) is 0.441. The number of halogens is 1. The minimum Gasteiger partial charge on any atom is -0.492 e. The summed E-state index contributed by atoms with van der Waals surface area (Å²) >= 11 is 6.45. The molecular weight excluding hydrogens is 412 g/mol. The number of rotatable bonds is 12. The SMILES string of the molecule is CCCCc1nc2ncccn2c1C(=O)c1ccc(OCCCN(CC)CC)c(Cl)c1. The van der Waals surface area contributed by atoms with Gasteiger partial charge in [0.1, 0.15) is 11.4 Å². The van der Waals surface area contributed by atoms with Crippen molar-refractivity contribution in [2.45, 2.75) is 46.5 Å². The molecule has 0 radical (unpaired) electrons. The van der Waals surface area contributed by atoms with Crippen LogP contribution in [0.5, 0.6) is 5.75 Å².